The third kappa shape index (κ3) is 6.90. The maximum Gasteiger partial charge on any atom is 0.192 e. The van der Waals surface area contributed by atoms with E-state index >= 15 is 0 Å². The van der Waals surface area contributed by atoms with Gasteiger partial charge in [0.05, 0.1) is 12.7 Å². The number of hydrogen-bond donors (Lipinski definition) is 0. The highest BCUT2D eigenvalue weighted by Gasteiger charge is 2.49. The van der Waals surface area contributed by atoms with Gasteiger partial charge in [-0.15, -0.1) is 0 Å². The molecule has 1 fully saturated rings. The number of ether oxygens (including phenoxy) is 5. The first-order chi connectivity index (χ1) is 11.5. The van der Waals surface area contributed by atoms with Crippen molar-refractivity contribution in [3.05, 3.63) is 0 Å². The fourth-order valence-corrected chi connectivity index (χ4v) is 3.76. The van der Waals surface area contributed by atoms with Crippen molar-refractivity contribution >= 4 is 8.32 Å². The van der Waals surface area contributed by atoms with Gasteiger partial charge >= 0.3 is 0 Å². The van der Waals surface area contributed by atoms with E-state index in [2.05, 4.69) is 47.7 Å². The zero-order chi connectivity index (χ0) is 19.3. The molecule has 0 spiro atoms. The van der Waals surface area contributed by atoms with Crippen LogP contribution in [0.5, 0.6) is 0 Å². The van der Waals surface area contributed by atoms with Crippen LogP contribution < -0.4 is 0 Å². The van der Waals surface area contributed by atoms with Crippen molar-refractivity contribution in [1.29, 1.82) is 0 Å². The van der Waals surface area contributed by atoms with Crippen LogP contribution in [0, 0.1) is 5.92 Å². The van der Waals surface area contributed by atoms with E-state index in [1.54, 1.807) is 14.2 Å². The number of hydrogen-bond acceptors (Lipinski definition) is 6. The van der Waals surface area contributed by atoms with Crippen LogP contribution in [0.3, 0.4) is 0 Å². The highest BCUT2D eigenvalue weighted by atomic mass is 28.4. The van der Waals surface area contributed by atoms with Gasteiger partial charge in [-0.25, -0.2) is 0 Å². The Morgan fingerprint density at radius 1 is 1.00 bits per heavy atom. The fraction of sp³-hybridized carbons (Fsp3) is 1.00. The van der Waals surface area contributed by atoms with Crippen LogP contribution in [0.4, 0.5) is 0 Å². The molecule has 25 heavy (non-hydrogen) atoms. The molecule has 0 N–H and O–H groups in total. The summed E-state index contributed by atoms with van der Waals surface area (Å²) in [6.45, 7) is 16.6. The molecule has 6 nitrogen and oxygen atoms in total. The summed E-state index contributed by atoms with van der Waals surface area (Å²) in [5.41, 5.74) is 0. The number of rotatable bonds is 12. The van der Waals surface area contributed by atoms with E-state index in [-0.39, 0.29) is 49.0 Å². The molecular formula is C18H38O6Si. The molecule has 0 aliphatic carbocycles. The van der Waals surface area contributed by atoms with Crippen LogP contribution in [-0.2, 0) is 28.1 Å². The molecule has 4 unspecified atom stereocenters. The Morgan fingerprint density at radius 2 is 1.52 bits per heavy atom. The normalized spacial score (nSPS) is 22.1. The molecule has 0 radical (unpaired) electrons. The molecule has 4 atom stereocenters. The first-order valence-corrected chi connectivity index (χ1v) is 12.0. The largest absolute Gasteiger partial charge is 0.409 e. The monoisotopic (exact) mass is 378 g/mol. The lowest BCUT2D eigenvalue weighted by Crippen LogP contribution is -2.55. The van der Waals surface area contributed by atoms with Gasteiger partial charge in [0, 0.05) is 14.2 Å². The predicted molar refractivity (Wildman–Crippen MR) is 100 cm³/mol. The van der Waals surface area contributed by atoms with Crippen LogP contribution >= 0.6 is 0 Å². The average Bonchev–Trinajstić information content (AvgIpc) is 3.30. The summed E-state index contributed by atoms with van der Waals surface area (Å²) in [7, 11) is 1.22. The molecule has 0 aromatic carbocycles. The minimum Gasteiger partial charge on any atom is -0.409 e. The SMILES string of the molecule is COCOC(C(C)C)C(O[Si](C)(C)C(C)(C)C)C(OCOC)C1CO1. The van der Waals surface area contributed by atoms with Gasteiger partial charge in [-0.05, 0) is 24.1 Å². The van der Waals surface area contributed by atoms with Gasteiger partial charge in [0.15, 0.2) is 8.32 Å². The lowest BCUT2D eigenvalue weighted by molar-refractivity contribution is -0.178. The van der Waals surface area contributed by atoms with Gasteiger partial charge in [0.2, 0.25) is 0 Å². The van der Waals surface area contributed by atoms with Gasteiger partial charge < -0.3 is 28.1 Å². The van der Waals surface area contributed by atoms with E-state index in [4.69, 9.17) is 28.1 Å². The lowest BCUT2D eigenvalue weighted by atomic mass is 9.96. The molecule has 150 valence electrons. The first kappa shape index (κ1) is 23.0. The molecule has 1 aliphatic rings. The van der Waals surface area contributed by atoms with Crippen LogP contribution in [0.1, 0.15) is 34.6 Å². The highest BCUT2D eigenvalue weighted by molar-refractivity contribution is 6.74. The summed E-state index contributed by atoms with van der Waals surface area (Å²) in [6.07, 6.45) is -0.588. The van der Waals surface area contributed by atoms with Crippen molar-refractivity contribution in [3.63, 3.8) is 0 Å². The zero-order valence-electron chi connectivity index (χ0n) is 17.5. The van der Waals surface area contributed by atoms with Crippen LogP contribution in [0.2, 0.25) is 18.1 Å². The van der Waals surface area contributed by atoms with Gasteiger partial charge in [-0.1, -0.05) is 34.6 Å². The Kier molecular flexibility index (Phi) is 9.00. The number of epoxide rings is 1. The van der Waals surface area contributed by atoms with Crippen molar-refractivity contribution in [3.8, 4) is 0 Å². The molecule has 1 aliphatic heterocycles. The second-order valence-corrected chi connectivity index (χ2v) is 13.3. The van der Waals surface area contributed by atoms with Crippen LogP contribution in [0.25, 0.3) is 0 Å². The molecule has 0 saturated carbocycles. The average molecular weight is 379 g/mol. The summed E-state index contributed by atoms with van der Waals surface area (Å²) >= 11 is 0. The molecule has 1 saturated heterocycles. The van der Waals surface area contributed by atoms with Crippen molar-refractivity contribution in [2.75, 3.05) is 34.4 Å². The maximum atomic E-state index is 6.78. The Morgan fingerprint density at radius 3 is 1.92 bits per heavy atom. The van der Waals surface area contributed by atoms with Gasteiger partial charge in [0.25, 0.3) is 0 Å². The van der Waals surface area contributed by atoms with Crippen molar-refractivity contribution in [2.24, 2.45) is 5.92 Å². The number of methoxy groups -OCH3 is 2. The predicted octanol–water partition coefficient (Wildman–Crippen LogP) is 3.41. The second kappa shape index (κ2) is 9.78. The van der Waals surface area contributed by atoms with E-state index in [0.29, 0.717) is 6.61 Å². The first-order valence-electron chi connectivity index (χ1n) is 9.05. The summed E-state index contributed by atoms with van der Waals surface area (Å²) in [4.78, 5) is 0. The van der Waals surface area contributed by atoms with Crippen LogP contribution in [-0.4, -0.2) is 67.1 Å². The zero-order valence-corrected chi connectivity index (χ0v) is 18.5. The topological polar surface area (TPSA) is 58.7 Å². The molecule has 0 bridgehead atoms. The van der Waals surface area contributed by atoms with Crippen molar-refractivity contribution in [2.45, 2.75) is 77.2 Å². The van der Waals surface area contributed by atoms with Gasteiger partial charge in [0.1, 0.15) is 31.9 Å². The van der Waals surface area contributed by atoms with E-state index in [9.17, 15) is 0 Å². The Labute approximate surface area is 154 Å². The molecule has 1 heterocycles. The molecule has 1 rings (SSSR count). The third-order valence-electron chi connectivity index (χ3n) is 5.02. The maximum absolute atomic E-state index is 6.78. The van der Waals surface area contributed by atoms with Crippen LogP contribution in [0.15, 0.2) is 0 Å². The van der Waals surface area contributed by atoms with Crippen molar-refractivity contribution < 1.29 is 28.1 Å². The van der Waals surface area contributed by atoms with E-state index in [0.717, 1.165) is 0 Å². The smallest absolute Gasteiger partial charge is 0.192 e. The molecule has 0 amide bonds. The fourth-order valence-electron chi connectivity index (χ4n) is 2.46. The summed E-state index contributed by atoms with van der Waals surface area (Å²) < 4.78 is 34.6. The second-order valence-electron chi connectivity index (χ2n) is 8.53. The minimum absolute atomic E-state index is 0.0253. The highest BCUT2D eigenvalue weighted by Crippen LogP contribution is 2.40. The summed E-state index contributed by atoms with van der Waals surface area (Å²) in [5.74, 6) is 0.248. The third-order valence-corrected chi connectivity index (χ3v) is 9.50. The summed E-state index contributed by atoms with van der Waals surface area (Å²) in [5, 5.41) is 0.0875. The Balaban J connectivity index is 3.09. The summed E-state index contributed by atoms with van der Waals surface area (Å²) in [6, 6.07) is 0. The molecule has 7 heteroatoms. The molecular weight excluding hydrogens is 340 g/mol. The van der Waals surface area contributed by atoms with Crippen molar-refractivity contribution in [1.82, 2.24) is 0 Å². The Hall–Kier alpha value is -0.0231. The van der Waals surface area contributed by atoms with E-state index in [1.165, 1.54) is 0 Å². The van der Waals surface area contributed by atoms with Gasteiger partial charge in [-0.2, -0.15) is 0 Å². The quantitative estimate of drug-likeness (QED) is 0.295. The van der Waals surface area contributed by atoms with Gasteiger partial charge in [-0.3, -0.25) is 0 Å². The molecule has 0 aromatic heterocycles. The molecule has 0 aromatic rings. The van der Waals surface area contributed by atoms with E-state index < -0.39 is 8.32 Å². The van der Waals surface area contributed by atoms with E-state index in [1.807, 2.05) is 0 Å². The minimum atomic E-state index is -2.03. The Bertz CT molecular complexity index is 364. The lowest BCUT2D eigenvalue weighted by Gasteiger charge is -2.44. The standard InChI is InChI=1S/C18H38O6Si/c1-13(2)15(22-11-19-6)17(24-25(8,9)18(3,4)5)16(14-10-21-14)23-12-20-7/h13-17H,10-12H2,1-9H3.